The monoisotopic (exact) mass is 385 g/mol. The van der Waals surface area contributed by atoms with E-state index in [2.05, 4.69) is 27.8 Å². The smallest absolute Gasteiger partial charge is 0.223 e. The molecule has 0 saturated carbocycles. The van der Waals surface area contributed by atoms with Gasteiger partial charge < -0.3 is 20.4 Å². The first-order valence-electron chi connectivity index (χ1n) is 10.2. The van der Waals surface area contributed by atoms with E-state index in [-0.39, 0.29) is 17.9 Å². The fraction of sp³-hybridized carbons (Fsp3) is 0.571. The van der Waals surface area contributed by atoms with Crippen molar-refractivity contribution in [2.45, 2.75) is 51.7 Å². The molecule has 2 aliphatic heterocycles. The fourth-order valence-corrected chi connectivity index (χ4v) is 3.83. The maximum absolute atomic E-state index is 12.4. The van der Waals surface area contributed by atoms with E-state index in [4.69, 9.17) is 0 Å². The number of amides is 2. The average Bonchev–Trinajstić information content (AvgIpc) is 3.36. The highest BCUT2D eigenvalue weighted by Gasteiger charge is 2.26. The molecule has 2 amide bonds. The third kappa shape index (κ3) is 5.03. The van der Waals surface area contributed by atoms with Crippen molar-refractivity contribution in [2.75, 3.05) is 26.7 Å². The second kappa shape index (κ2) is 9.57. The van der Waals surface area contributed by atoms with E-state index in [1.54, 1.807) is 7.05 Å². The van der Waals surface area contributed by atoms with Crippen molar-refractivity contribution in [1.82, 2.24) is 20.4 Å². The molecule has 28 heavy (non-hydrogen) atoms. The predicted octanol–water partition coefficient (Wildman–Crippen LogP) is 1.48. The quantitative estimate of drug-likeness (QED) is 0.442. The minimum Gasteiger partial charge on any atom is -0.356 e. The minimum absolute atomic E-state index is 0.199. The molecule has 0 radical (unpaired) electrons. The Morgan fingerprint density at radius 1 is 1.14 bits per heavy atom. The Labute approximate surface area is 167 Å². The number of benzene rings is 1. The van der Waals surface area contributed by atoms with E-state index in [0.717, 1.165) is 45.0 Å². The highest BCUT2D eigenvalue weighted by Crippen LogP contribution is 2.22. The molecular formula is C21H31N5O2. The molecule has 1 aromatic rings. The molecule has 7 heteroatoms. The number of guanidine groups is 1. The molecule has 1 aromatic carbocycles. The lowest BCUT2D eigenvalue weighted by atomic mass is 10.1. The van der Waals surface area contributed by atoms with Gasteiger partial charge in [0.1, 0.15) is 0 Å². The topological polar surface area (TPSA) is 77.0 Å². The third-order valence-corrected chi connectivity index (χ3v) is 5.46. The molecule has 2 aliphatic rings. The van der Waals surface area contributed by atoms with Crippen LogP contribution in [0.5, 0.6) is 0 Å². The van der Waals surface area contributed by atoms with Crippen LogP contribution in [0, 0.1) is 0 Å². The zero-order valence-electron chi connectivity index (χ0n) is 16.9. The molecule has 1 unspecified atom stereocenters. The molecule has 0 spiro atoms. The van der Waals surface area contributed by atoms with Gasteiger partial charge in [-0.1, -0.05) is 31.2 Å². The SMILES string of the molecule is CCC(=O)N1CCC(NC(=NC)NCCCC(=O)N2Cc3ccccc3C2)C1. The summed E-state index contributed by atoms with van der Waals surface area (Å²) in [5.41, 5.74) is 2.51. The zero-order chi connectivity index (χ0) is 19.9. The lowest BCUT2D eigenvalue weighted by molar-refractivity contribution is -0.132. The molecule has 0 aromatic heterocycles. The summed E-state index contributed by atoms with van der Waals surface area (Å²) < 4.78 is 0. The number of carbonyl (C=O) groups is 2. The molecule has 152 valence electrons. The molecule has 1 atom stereocenters. The van der Waals surface area contributed by atoms with E-state index in [1.807, 2.05) is 28.9 Å². The summed E-state index contributed by atoms with van der Waals surface area (Å²) >= 11 is 0. The minimum atomic E-state index is 0.199. The number of aliphatic imine (C=N–C) groups is 1. The van der Waals surface area contributed by atoms with Crippen LogP contribution in [0.4, 0.5) is 0 Å². The maximum atomic E-state index is 12.4. The Bertz CT molecular complexity index is 708. The molecule has 7 nitrogen and oxygen atoms in total. The third-order valence-electron chi connectivity index (χ3n) is 5.46. The Morgan fingerprint density at radius 3 is 2.50 bits per heavy atom. The van der Waals surface area contributed by atoms with Gasteiger partial charge in [-0.05, 0) is 24.0 Å². The predicted molar refractivity (Wildman–Crippen MR) is 110 cm³/mol. The summed E-state index contributed by atoms with van der Waals surface area (Å²) in [6.45, 7) is 5.55. The van der Waals surface area contributed by atoms with Crippen LogP contribution >= 0.6 is 0 Å². The van der Waals surface area contributed by atoms with Crippen molar-refractivity contribution in [1.29, 1.82) is 0 Å². The van der Waals surface area contributed by atoms with E-state index < -0.39 is 0 Å². The van der Waals surface area contributed by atoms with Crippen LogP contribution in [0.1, 0.15) is 43.7 Å². The van der Waals surface area contributed by atoms with E-state index in [9.17, 15) is 9.59 Å². The Hall–Kier alpha value is -2.57. The van der Waals surface area contributed by atoms with Crippen molar-refractivity contribution in [3.05, 3.63) is 35.4 Å². The highest BCUT2D eigenvalue weighted by atomic mass is 16.2. The normalized spacial score (nSPS) is 18.9. The van der Waals surface area contributed by atoms with Gasteiger partial charge in [-0.2, -0.15) is 0 Å². The standard InChI is InChI=1S/C21H31N5O2/c1-3-19(27)25-12-10-18(15-25)24-21(22-2)23-11-6-9-20(28)26-13-16-7-4-5-8-17(16)14-26/h4-5,7-8,18H,3,6,9-15H2,1-2H3,(H2,22,23,24). The van der Waals surface area contributed by atoms with E-state index >= 15 is 0 Å². The first-order valence-corrected chi connectivity index (χ1v) is 10.2. The Morgan fingerprint density at radius 2 is 1.86 bits per heavy atom. The van der Waals surface area contributed by atoms with Gasteiger partial charge >= 0.3 is 0 Å². The molecule has 1 saturated heterocycles. The summed E-state index contributed by atoms with van der Waals surface area (Å²) in [4.78, 5) is 32.3. The van der Waals surface area contributed by atoms with Crippen LogP contribution in [-0.2, 0) is 22.7 Å². The number of hydrogen-bond donors (Lipinski definition) is 2. The molecule has 0 aliphatic carbocycles. The molecular weight excluding hydrogens is 354 g/mol. The van der Waals surface area contributed by atoms with Crippen LogP contribution < -0.4 is 10.6 Å². The number of hydrogen-bond acceptors (Lipinski definition) is 3. The largest absolute Gasteiger partial charge is 0.356 e. The molecule has 2 N–H and O–H groups in total. The number of rotatable bonds is 6. The number of nitrogens with one attached hydrogen (secondary N) is 2. The molecule has 2 heterocycles. The van der Waals surface area contributed by atoms with E-state index in [0.29, 0.717) is 19.4 Å². The van der Waals surface area contributed by atoms with Crippen molar-refractivity contribution < 1.29 is 9.59 Å². The summed E-state index contributed by atoms with van der Waals surface area (Å²) in [5.74, 6) is 1.14. The van der Waals surface area contributed by atoms with Crippen LogP contribution in [0.15, 0.2) is 29.3 Å². The van der Waals surface area contributed by atoms with Crippen molar-refractivity contribution in [3.63, 3.8) is 0 Å². The summed E-state index contributed by atoms with van der Waals surface area (Å²) in [6, 6.07) is 8.47. The highest BCUT2D eigenvalue weighted by molar-refractivity contribution is 5.81. The van der Waals surface area contributed by atoms with Gasteiger partial charge in [0.25, 0.3) is 0 Å². The van der Waals surface area contributed by atoms with Gasteiger partial charge in [-0.15, -0.1) is 0 Å². The van der Waals surface area contributed by atoms with Gasteiger partial charge in [-0.3, -0.25) is 14.6 Å². The Balaban J connectivity index is 1.34. The van der Waals surface area contributed by atoms with Gasteiger partial charge in [0.05, 0.1) is 0 Å². The summed E-state index contributed by atoms with van der Waals surface area (Å²) in [6.07, 6.45) is 2.77. The van der Waals surface area contributed by atoms with Gasteiger partial charge in [0.2, 0.25) is 11.8 Å². The lowest BCUT2D eigenvalue weighted by Crippen LogP contribution is -2.45. The first-order chi connectivity index (χ1) is 13.6. The second-order valence-corrected chi connectivity index (χ2v) is 7.44. The van der Waals surface area contributed by atoms with Crippen LogP contribution in [0.3, 0.4) is 0 Å². The average molecular weight is 386 g/mol. The zero-order valence-corrected chi connectivity index (χ0v) is 16.9. The Kier molecular flexibility index (Phi) is 6.90. The van der Waals surface area contributed by atoms with Crippen molar-refractivity contribution in [3.8, 4) is 0 Å². The lowest BCUT2D eigenvalue weighted by Gasteiger charge is -2.19. The van der Waals surface area contributed by atoms with E-state index in [1.165, 1.54) is 11.1 Å². The van der Waals surface area contributed by atoms with Crippen LogP contribution in [0.25, 0.3) is 0 Å². The molecule has 0 bridgehead atoms. The summed E-state index contributed by atoms with van der Waals surface area (Å²) in [7, 11) is 1.74. The van der Waals surface area contributed by atoms with Gasteiger partial charge in [0, 0.05) is 58.7 Å². The second-order valence-electron chi connectivity index (χ2n) is 7.44. The van der Waals surface area contributed by atoms with Crippen LogP contribution in [-0.4, -0.2) is 60.3 Å². The molecule has 3 rings (SSSR count). The summed E-state index contributed by atoms with van der Waals surface area (Å²) in [5, 5.41) is 6.66. The van der Waals surface area contributed by atoms with Gasteiger partial charge in [0.15, 0.2) is 5.96 Å². The number of nitrogens with zero attached hydrogens (tertiary/aromatic N) is 3. The molecule has 1 fully saturated rings. The van der Waals surface area contributed by atoms with Crippen LogP contribution in [0.2, 0.25) is 0 Å². The van der Waals surface area contributed by atoms with Crippen molar-refractivity contribution in [2.24, 2.45) is 4.99 Å². The first kappa shape index (κ1) is 20.2. The fourth-order valence-electron chi connectivity index (χ4n) is 3.83. The number of fused-ring (bicyclic) bond motifs is 1. The van der Waals surface area contributed by atoms with Crippen molar-refractivity contribution >= 4 is 17.8 Å². The number of likely N-dealkylation sites (tertiary alicyclic amines) is 1. The number of carbonyl (C=O) groups excluding carboxylic acids is 2. The maximum Gasteiger partial charge on any atom is 0.223 e. The van der Waals surface area contributed by atoms with Gasteiger partial charge in [-0.25, -0.2) is 0 Å².